The number of piperidine rings is 1. The van der Waals surface area contributed by atoms with Crippen molar-refractivity contribution in [2.75, 3.05) is 18.0 Å². The second-order valence-corrected chi connectivity index (χ2v) is 5.89. The third-order valence-corrected chi connectivity index (χ3v) is 4.22. The van der Waals surface area contributed by atoms with Crippen LogP contribution in [0.15, 0.2) is 24.3 Å². The highest BCUT2D eigenvalue weighted by Crippen LogP contribution is 2.30. The third kappa shape index (κ3) is 2.52. The molecular weight excluding hydrogens is 236 g/mol. The molecule has 0 aromatic heterocycles. The van der Waals surface area contributed by atoms with E-state index in [1.54, 1.807) is 0 Å². The van der Waals surface area contributed by atoms with Crippen LogP contribution in [0.25, 0.3) is 0 Å². The van der Waals surface area contributed by atoms with Gasteiger partial charge in [0.25, 0.3) is 0 Å². The molecule has 2 aliphatic rings. The maximum absolute atomic E-state index is 12.7. The van der Waals surface area contributed by atoms with Crippen molar-refractivity contribution in [3.05, 3.63) is 29.8 Å². The number of benzene rings is 1. The number of hydrogen-bond donors (Lipinski definition) is 1. The van der Waals surface area contributed by atoms with Gasteiger partial charge in [-0.25, -0.2) is 0 Å². The highest BCUT2D eigenvalue weighted by atomic mass is 16.2. The molecule has 0 spiro atoms. The first kappa shape index (κ1) is 12.7. The summed E-state index contributed by atoms with van der Waals surface area (Å²) in [6.45, 7) is 4.06. The molecular formula is C16H22N2O. The summed E-state index contributed by atoms with van der Waals surface area (Å²) in [5, 5.41) is 3.37. The zero-order valence-electron chi connectivity index (χ0n) is 11.6. The van der Waals surface area contributed by atoms with Gasteiger partial charge < -0.3 is 10.2 Å². The Hall–Kier alpha value is -1.35. The van der Waals surface area contributed by atoms with Crippen LogP contribution in [-0.2, 0) is 11.2 Å². The van der Waals surface area contributed by atoms with Gasteiger partial charge in [0.1, 0.15) is 0 Å². The molecule has 2 heterocycles. The van der Waals surface area contributed by atoms with Crippen molar-refractivity contribution in [1.29, 1.82) is 0 Å². The van der Waals surface area contributed by atoms with Gasteiger partial charge in [-0.05, 0) is 43.4 Å². The number of rotatable bonds is 1. The molecule has 1 N–H and O–H groups in total. The highest BCUT2D eigenvalue weighted by molar-refractivity contribution is 5.98. The molecule has 1 unspecified atom stereocenters. The zero-order chi connectivity index (χ0) is 13.2. The van der Waals surface area contributed by atoms with Crippen molar-refractivity contribution < 1.29 is 4.79 Å². The second kappa shape index (κ2) is 5.33. The van der Waals surface area contributed by atoms with Crippen LogP contribution >= 0.6 is 0 Å². The Kier molecular flexibility index (Phi) is 3.56. The number of hydrogen-bond acceptors (Lipinski definition) is 2. The molecule has 1 aromatic carbocycles. The van der Waals surface area contributed by atoms with Crippen LogP contribution in [0.4, 0.5) is 5.69 Å². The van der Waals surface area contributed by atoms with Gasteiger partial charge in [0, 0.05) is 12.2 Å². The van der Waals surface area contributed by atoms with Crippen LogP contribution in [-0.4, -0.2) is 25.0 Å². The van der Waals surface area contributed by atoms with Crippen LogP contribution in [0.5, 0.6) is 0 Å². The Labute approximate surface area is 115 Å². The lowest BCUT2D eigenvalue weighted by Gasteiger charge is -2.36. The minimum Gasteiger partial charge on any atom is -0.311 e. The van der Waals surface area contributed by atoms with Gasteiger partial charge in [-0.1, -0.05) is 31.5 Å². The summed E-state index contributed by atoms with van der Waals surface area (Å²) in [4.78, 5) is 14.7. The van der Waals surface area contributed by atoms with Crippen molar-refractivity contribution in [2.45, 2.75) is 38.6 Å². The van der Waals surface area contributed by atoms with E-state index in [-0.39, 0.29) is 11.9 Å². The second-order valence-electron chi connectivity index (χ2n) is 5.89. The lowest BCUT2D eigenvalue weighted by Crippen LogP contribution is -2.51. The summed E-state index contributed by atoms with van der Waals surface area (Å²) in [5.74, 6) is 0.807. The number of carbonyl (C=O) groups excluding carboxylic acids is 1. The van der Waals surface area contributed by atoms with E-state index < -0.39 is 0 Å². The lowest BCUT2D eigenvalue weighted by molar-refractivity contribution is -0.121. The predicted octanol–water partition coefficient (Wildman–Crippen LogP) is 2.35. The Balaban J connectivity index is 1.85. The number of carbonyl (C=O) groups is 1. The Morgan fingerprint density at radius 2 is 2.16 bits per heavy atom. The van der Waals surface area contributed by atoms with E-state index in [4.69, 9.17) is 0 Å². The third-order valence-electron chi connectivity index (χ3n) is 4.22. The number of fused-ring (bicyclic) bond motifs is 1. The van der Waals surface area contributed by atoms with Gasteiger partial charge in [0.2, 0.25) is 5.91 Å². The normalized spacial score (nSPS) is 26.9. The molecule has 19 heavy (non-hydrogen) atoms. The number of amides is 1. The number of anilines is 1. The average molecular weight is 258 g/mol. The molecule has 2 atom stereocenters. The zero-order valence-corrected chi connectivity index (χ0v) is 11.6. The maximum atomic E-state index is 12.7. The fourth-order valence-corrected chi connectivity index (χ4v) is 3.26. The molecule has 1 saturated heterocycles. The van der Waals surface area contributed by atoms with Crippen LogP contribution in [0.1, 0.15) is 31.7 Å². The molecule has 1 amide bonds. The van der Waals surface area contributed by atoms with Crippen LogP contribution in [0.3, 0.4) is 0 Å². The molecule has 3 heteroatoms. The van der Waals surface area contributed by atoms with E-state index in [0.29, 0.717) is 5.92 Å². The van der Waals surface area contributed by atoms with Gasteiger partial charge in [0.05, 0.1) is 6.04 Å². The SMILES string of the molecule is CC1Cc2ccccc2N(C(=O)[C@@H]2CCCCN2)C1. The molecule has 0 aliphatic carbocycles. The first-order chi connectivity index (χ1) is 9.25. The molecule has 2 aliphatic heterocycles. The van der Waals surface area contributed by atoms with E-state index in [0.717, 1.165) is 38.0 Å². The van der Waals surface area contributed by atoms with E-state index in [2.05, 4.69) is 30.4 Å². The monoisotopic (exact) mass is 258 g/mol. The first-order valence-corrected chi connectivity index (χ1v) is 7.38. The van der Waals surface area contributed by atoms with Crippen molar-refractivity contribution >= 4 is 11.6 Å². The fraction of sp³-hybridized carbons (Fsp3) is 0.562. The highest BCUT2D eigenvalue weighted by Gasteiger charge is 2.31. The minimum atomic E-state index is 0.0205. The molecule has 0 saturated carbocycles. The summed E-state index contributed by atoms with van der Waals surface area (Å²) in [6.07, 6.45) is 4.41. The average Bonchev–Trinajstić information content (AvgIpc) is 2.46. The van der Waals surface area contributed by atoms with Crippen molar-refractivity contribution in [3.8, 4) is 0 Å². The van der Waals surface area contributed by atoms with Crippen molar-refractivity contribution in [2.24, 2.45) is 5.92 Å². The minimum absolute atomic E-state index is 0.0205. The molecule has 3 nitrogen and oxygen atoms in total. The predicted molar refractivity (Wildman–Crippen MR) is 77.3 cm³/mol. The van der Waals surface area contributed by atoms with E-state index >= 15 is 0 Å². The van der Waals surface area contributed by atoms with Gasteiger partial charge >= 0.3 is 0 Å². The molecule has 0 bridgehead atoms. The summed E-state index contributed by atoms with van der Waals surface area (Å²) >= 11 is 0. The molecule has 102 valence electrons. The Morgan fingerprint density at radius 1 is 1.32 bits per heavy atom. The smallest absolute Gasteiger partial charge is 0.244 e. The van der Waals surface area contributed by atoms with E-state index in [1.807, 2.05) is 11.0 Å². The Bertz CT molecular complexity index is 466. The van der Waals surface area contributed by atoms with Crippen LogP contribution in [0.2, 0.25) is 0 Å². The summed E-state index contributed by atoms with van der Waals surface area (Å²) in [6, 6.07) is 8.36. The van der Waals surface area contributed by atoms with Gasteiger partial charge in [-0.15, -0.1) is 0 Å². The summed E-state index contributed by atoms with van der Waals surface area (Å²) in [7, 11) is 0. The van der Waals surface area contributed by atoms with E-state index in [9.17, 15) is 4.79 Å². The number of nitrogens with one attached hydrogen (secondary N) is 1. The number of nitrogens with zero attached hydrogens (tertiary/aromatic N) is 1. The fourth-order valence-electron chi connectivity index (χ4n) is 3.26. The topological polar surface area (TPSA) is 32.3 Å². The van der Waals surface area contributed by atoms with E-state index in [1.165, 1.54) is 12.0 Å². The summed E-state index contributed by atoms with van der Waals surface area (Å²) < 4.78 is 0. The number of para-hydroxylation sites is 1. The first-order valence-electron chi connectivity index (χ1n) is 7.38. The van der Waals surface area contributed by atoms with Crippen molar-refractivity contribution in [3.63, 3.8) is 0 Å². The molecule has 1 aromatic rings. The van der Waals surface area contributed by atoms with Gasteiger partial charge in [-0.3, -0.25) is 4.79 Å². The quantitative estimate of drug-likeness (QED) is 0.838. The molecule has 3 rings (SSSR count). The maximum Gasteiger partial charge on any atom is 0.244 e. The van der Waals surface area contributed by atoms with Gasteiger partial charge in [-0.2, -0.15) is 0 Å². The Morgan fingerprint density at radius 3 is 2.95 bits per heavy atom. The standard InChI is InChI=1S/C16H22N2O/c1-12-10-13-6-2-3-8-15(13)18(11-12)16(19)14-7-4-5-9-17-14/h2-3,6,8,12,14,17H,4-5,7,9-11H2,1H3/t12?,14-/m0/s1. The molecule has 0 radical (unpaired) electrons. The van der Waals surface area contributed by atoms with Crippen molar-refractivity contribution in [1.82, 2.24) is 5.32 Å². The summed E-state index contributed by atoms with van der Waals surface area (Å²) in [5.41, 5.74) is 2.43. The van der Waals surface area contributed by atoms with Crippen LogP contribution in [0, 0.1) is 5.92 Å². The molecule has 1 fully saturated rings. The van der Waals surface area contributed by atoms with Crippen LogP contribution < -0.4 is 10.2 Å². The largest absolute Gasteiger partial charge is 0.311 e. The lowest BCUT2D eigenvalue weighted by atomic mass is 9.92. The van der Waals surface area contributed by atoms with Gasteiger partial charge in [0.15, 0.2) is 0 Å².